The molecule has 25 heavy (non-hydrogen) atoms. The van der Waals surface area contributed by atoms with Gasteiger partial charge < -0.3 is 14.4 Å². The number of hydrogen-bond acceptors (Lipinski definition) is 4. The lowest BCUT2D eigenvalue weighted by Gasteiger charge is -2.18. The van der Waals surface area contributed by atoms with Gasteiger partial charge >= 0.3 is 0 Å². The van der Waals surface area contributed by atoms with E-state index in [1.165, 1.54) is 0 Å². The molecule has 4 rings (SSSR count). The predicted molar refractivity (Wildman–Crippen MR) is 92.3 cm³/mol. The van der Waals surface area contributed by atoms with Crippen LogP contribution in [0.4, 0.5) is 5.69 Å². The Bertz CT molecular complexity index is 857. The molecule has 130 valence electrons. The number of hydrogen-bond donors (Lipinski definition) is 0. The Morgan fingerprint density at radius 2 is 2.04 bits per heavy atom. The van der Waals surface area contributed by atoms with Gasteiger partial charge in [-0.2, -0.15) is 0 Å². The second kappa shape index (κ2) is 5.98. The summed E-state index contributed by atoms with van der Waals surface area (Å²) in [5, 5.41) is 8.41. The van der Waals surface area contributed by atoms with Crippen LogP contribution in [0.2, 0.25) is 0 Å². The smallest absolute Gasteiger partial charge is 0.254 e. The number of nitrogens with zero attached hydrogens (tertiary/aromatic N) is 5. The molecule has 0 saturated carbocycles. The maximum absolute atomic E-state index is 12.8. The fraction of sp³-hybridized carbons (Fsp3) is 0.444. The highest BCUT2D eigenvalue weighted by Gasteiger charge is 2.25. The largest absolute Gasteiger partial charge is 0.334 e. The normalized spacial score (nSPS) is 15.2. The number of amides is 2. The van der Waals surface area contributed by atoms with Gasteiger partial charge in [0.05, 0.1) is 6.54 Å². The quantitative estimate of drug-likeness (QED) is 0.848. The van der Waals surface area contributed by atoms with Crippen LogP contribution in [0.5, 0.6) is 0 Å². The first-order chi connectivity index (χ1) is 12.0. The zero-order chi connectivity index (χ0) is 17.6. The van der Waals surface area contributed by atoms with Crippen molar-refractivity contribution in [2.24, 2.45) is 0 Å². The number of carbonyl (C=O) groups excluding carboxylic acids is 2. The van der Waals surface area contributed by atoms with E-state index in [0.29, 0.717) is 18.7 Å². The zero-order valence-electron chi connectivity index (χ0n) is 14.5. The molecule has 7 heteroatoms. The Morgan fingerprint density at radius 1 is 1.20 bits per heavy atom. The summed E-state index contributed by atoms with van der Waals surface area (Å²) < 4.78 is 2.11. The molecule has 0 saturated heterocycles. The summed E-state index contributed by atoms with van der Waals surface area (Å²) in [6.45, 7) is 3.63. The summed E-state index contributed by atoms with van der Waals surface area (Å²) in [7, 11) is 1.79. The van der Waals surface area contributed by atoms with Gasteiger partial charge in [-0.15, -0.1) is 10.2 Å². The molecule has 0 spiro atoms. The van der Waals surface area contributed by atoms with Crippen LogP contribution in [0.3, 0.4) is 0 Å². The summed E-state index contributed by atoms with van der Waals surface area (Å²) in [6, 6.07) is 5.58. The topological polar surface area (TPSA) is 71.3 Å². The maximum atomic E-state index is 12.8. The number of aromatic nitrogens is 3. The van der Waals surface area contributed by atoms with Gasteiger partial charge in [0.15, 0.2) is 5.82 Å². The SMILES string of the molecule is CC(=O)N1CCc2cc(C(=O)N(C)Cc3nnc4n3CCC4)ccc21. The van der Waals surface area contributed by atoms with Crippen LogP contribution in [-0.4, -0.2) is 45.1 Å². The van der Waals surface area contributed by atoms with E-state index in [-0.39, 0.29) is 11.8 Å². The van der Waals surface area contributed by atoms with Gasteiger partial charge in [-0.25, -0.2) is 0 Å². The lowest BCUT2D eigenvalue weighted by Crippen LogP contribution is -2.28. The summed E-state index contributed by atoms with van der Waals surface area (Å²) >= 11 is 0. The van der Waals surface area contributed by atoms with Crippen LogP contribution in [0.15, 0.2) is 18.2 Å². The molecule has 0 fully saturated rings. The van der Waals surface area contributed by atoms with E-state index in [2.05, 4.69) is 14.8 Å². The highest BCUT2D eigenvalue weighted by atomic mass is 16.2. The van der Waals surface area contributed by atoms with Gasteiger partial charge in [-0.1, -0.05) is 0 Å². The molecule has 0 aliphatic carbocycles. The highest BCUT2D eigenvalue weighted by molar-refractivity contribution is 5.97. The number of carbonyl (C=O) groups is 2. The average molecular weight is 339 g/mol. The van der Waals surface area contributed by atoms with Gasteiger partial charge in [0.25, 0.3) is 5.91 Å². The second-order valence-corrected chi connectivity index (χ2v) is 6.71. The van der Waals surface area contributed by atoms with Crippen LogP contribution >= 0.6 is 0 Å². The summed E-state index contributed by atoms with van der Waals surface area (Å²) in [5.74, 6) is 1.85. The van der Waals surface area contributed by atoms with E-state index < -0.39 is 0 Å². The minimum absolute atomic E-state index is 0.0376. The fourth-order valence-electron chi connectivity index (χ4n) is 3.69. The molecule has 2 aliphatic rings. The molecular formula is C18H21N5O2. The van der Waals surface area contributed by atoms with Crippen molar-refractivity contribution in [2.45, 2.75) is 39.3 Å². The first-order valence-corrected chi connectivity index (χ1v) is 8.62. The maximum Gasteiger partial charge on any atom is 0.254 e. The van der Waals surface area contributed by atoms with E-state index >= 15 is 0 Å². The first kappa shape index (κ1) is 15.8. The second-order valence-electron chi connectivity index (χ2n) is 6.71. The fourth-order valence-corrected chi connectivity index (χ4v) is 3.69. The van der Waals surface area contributed by atoms with Gasteiger partial charge in [0.2, 0.25) is 5.91 Å². The number of benzene rings is 1. The minimum atomic E-state index is -0.0422. The Balaban J connectivity index is 1.52. The van der Waals surface area contributed by atoms with Gasteiger partial charge in [-0.3, -0.25) is 9.59 Å². The molecule has 2 aromatic rings. The van der Waals surface area contributed by atoms with E-state index in [1.54, 1.807) is 29.8 Å². The van der Waals surface area contributed by atoms with E-state index in [4.69, 9.17) is 0 Å². The van der Waals surface area contributed by atoms with Gasteiger partial charge in [0, 0.05) is 44.7 Å². The first-order valence-electron chi connectivity index (χ1n) is 8.62. The Kier molecular flexibility index (Phi) is 3.78. The van der Waals surface area contributed by atoms with Crippen molar-refractivity contribution in [2.75, 3.05) is 18.5 Å². The van der Waals surface area contributed by atoms with Crippen molar-refractivity contribution in [1.82, 2.24) is 19.7 Å². The van der Waals surface area contributed by atoms with Crippen molar-refractivity contribution in [3.05, 3.63) is 41.0 Å². The molecule has 1 aromatic heterocycles. The molecule has 1 aromatic carbocycles. The third-order valence-corrected chi connectivity index (χ3v) is 5.01. The minimum Gasteiger partial charge on any atom is -0.334 e. The van der Waals surface area contributed by atoms with E-state index in [9.17, 15) is 9.59 Å². The molecule has 2 aliphatic heterocycles. The molecule has 2 amide bonds. The van der Waals surface area contributed by atoms with Crippen LogP contribution in [0, 0.1) is 0 Å². The standard InChI is InChI=1S/C18H21N5O2/c1-12(24)22-9-7-13-10-14(5-6-15(13)22)18(25)21(2)11-17-20-19-16-4-3-8-23(16)17/h5-6,10H,3-4,7-9,11H2,1-2H3. The average Bonchev–Trinajstić information content (AvgIpc) is 3.29. The summed E-state index contributed by atoms with van der Waals surface area (Å²) in [5.41, 5.74) is 2.62. The lowest BCUT2D eigenvalue weighted by atomic mass is 10.1. The summed E-state index contributed by atoms with van der Waals surface area (Å²) in [6.07, 6.45) is 2.84. The van der Waals surface area contributed by atoms with Crippen molar-refractivity contribution in [3.63, 3.8) is 0 Å². The number of fused-ring (bicyclic) bond motifs is 2. The molecule has 0 N–H and O–H groups in total. The Morgan fingerprint density at radius 3 is 2.84 bits per heavy atom. The molecule has 7 nitrogen and oxygen atoms in total. The molecule has 0 radical (unpaired) electrons. The Labute approximate surface area is 146 Å². The van der Waals surface area contributed by atoms with Crippen molar-refractivity contribution < 1.29 is 9.59 Å². The number of anilines is 1. The van der Waals surface area contributed by atoms with Crippen LogP contribution in [-0.2, 0) is 30.7 Å². The van der Waals surface area contributed by atoms with Gasteiger partial charge in [0.1, 0.15) is 5.82 Å². The highest BCUT2D eigenvalue weighted by Crippen LogP contribution is 2.29. The molecule has 0 bridgehead atoms. The molecule has 0 atom stereocenters. The zero-order valence-corrected chi connectivity index (χ0v) is 14.5. The van der Waals surface area contributed by atoms with E-state index in [1.807, 2.05) is 12.1 Å². The van der Waals surface area contributed by atoms with Crippen molar-refractivity contribution in [1.29, 1.82) is 0 Å². The number of aryl methyl sites for hydroxylation is 1. The predicted octanol–water partition coefficient (Wildman–Crippen LogP) is 1.41. The van der Waals surface area contributed by atoms with Crippen LogP contribution in [0.1, 0.15) is 40.9 Å². The van der Waals surface area contributed by atoms with Crippen LogP contribution in [0.25, 0.3) is 0 Å². The summed E-state index contributed by atoms with van der Waals surface area (Å²) in [4.78, 5) is 27.8. The monoisotopic (exact) mass is 339 g/mol. The van der Waals surface area contributed by atoms with Crippen LogP contribution < -0.4 is 4.90 Å². The number of rotatable bonds is 3. The lowest BCUT2D eigenvalue weighted by molar-refractivity contribution is -0.116. The van der Waals surface area contributed by atoms with Crippen molar-refractivity contribution in [3.8, 4) is 0 Å². The van der Waals surface area contributed by atoms with Gasteiger partial charge in [-0.05, 0) is 36.6 Å². The molecule has 0 unspecified atom stereocenters. The van der Waals surface area contributed by atoms with E-state index in [0.717, 1.165) is 48.7 Å². The third-order valence-electron chi connectivity index (χ3n) is 5.01. The third kappa shape index (κ3) is 2.69. The molecule has 3 heterocycles. The van der Waals surface area contributed by atoms with Crippen molar-refractivity contribution >= 4 is 17.5 Å². The molecular weight excluding hydrogens is 318 g/mol. The Hall–Kier alpha value is -2.70.